The van der Waals surface area contributed by atoms with E-state index in [1.807, 2.05) is 42.0 Å². The highest BCUT2D eigenvalue weighted by atomic mass is 32.1. The molecule has 7 rings (SSSR count). The van der Waals surface area contributed by atoms with Crippen molar-refractivity contribution in [1.82, 2.24) is 29.5 Å². The van der Waals surface area contributed by atoms with E-state index < -0.39 is 5.41 Å². The smallest absolute Gasteiger partial charge is 0.237 e. The van der Waals surface area contributed by atoms with Crippen LogP contribution in [0, 0.1) is 23.6 Å². The van der Waals surface area contributed by atoms with Crippen LogP contribution in [0.4, 0.5) is 10.1 Å². The van der Waals surface area contributed by atoms with Crippen LogP contribution in [0.15, 0.2) is 61.1 Å². The van der Waals surface area contributed by atoms with Crippen molar-refractivity contribution in [1.29, 1.82) is 5.41 Å². The minimum atomic E-state index is -0.504. The molecule has 2 saturated heterocycles. The van der Waals surface area contributed by atoms with Crippen molar-refractivity contribution in [3.63, 3.8) is 0 Å². The molecular weight excluding hydrogens is 603 g/mol. The number of nitrogens with zero attached hydrogens (tertiary/aromatic N) is 7. The number of likely N-dealkylation sites (tertiary alicyclic amines) is 1. The fraction of sp³-hybridized carbons (Fsp3) is 0.353. The molecule has 4 aromatic rings. The Bertz CT molecular complexity index is 1860. The van der Waals surface area contributed by atoms with Gasteiger partial charge in [0.1, 0.15) is 17.2 Å². The molecule has 0 saturated carbocycles. The summed E-state index contributed by atoms with van der Waals surface area (Å²) in [6.45, 7) is 5.28. The summed E-state index contributed by atoms with van der Waals surface area (Å²) in [4.78, 5) is 42.9. The normalized spacial score (nSPS) is 20.2. The lowest BCUT2D eigenvalue weighted by molar-refractivity contribution is -0.132. The van der Waals surface area contributed by atoms with E-state index in [-0.39, 0.29) is 17.6 Å². The first kappa shape index (κ1) is 30.1. The number of carbonyl (C=O) groups excluding carboxylic acids is 2. The van der Waals surface area contributed by atoms with Gasteiger partial charge in [-0.05, 0) is 80.3 Å². The molecule has 2 amide bonds. The quantitative estimate of drug-likeness (QED) is 0.298. The molecule has 0 radical (unpaired) electrons. The molecule has 0 bridgehead atoms. The maximum Gasteiger partial charge on any atom is 0.237 e. The Kier molecular flexibility index (Phi) is 7.85. The molecule has 12 heteroatoms. The van der Waals surface area contributed by atoms with Gasteiger partial charge in [0.25, 0.3) is 0 Å². The Morgan fingerprint density at radius 3 is 2.63 bits per heavy atom. The molecule has 3 aliphatic heterocycles. The molecule has 2 fully saturated rings. The van der Waals surface area contributed by atoms with Gasteiger partial charge in [-0.25, -0.2) is 14.4 Å². The van der Waals surface area contributed by atoms with Crippen LogP contribution in [-0.2, 0) is 16.6 Å². The lowest BCUT2D eigenvalue weighted by atomic mass is 9.85. The number of halogens is 1. The first-order chi connectivity index (χ1) is 22.2. The second-order valence-electron chi connectivity index (χ2n) is 12.4. The summed E-state index contributed by atoms with van der Waals surface area (Å²) in [5.41, 5.74) is 3.96. The molecule has 46 heavy (non-hydrogen) atoms. The molecule has 236 valence electrons. The minimum absolute atomic E-state index is 0.0784. The van der Waals surface area contributed by atoms with Gasteiger partial charge in [-0.3, -0.25) is 24.6 Å². The van der Waals surface area contributed by atoms with Crippen LogP contribution in [0.5, 0.6) is 0 Å². The van der Waals surface area contributed by atoms with Gasteiger partial charge in [0.05, 0.1) is 22.5 Å². The van der Waals surface area contributed by atoms with Crippen LogP contribution in [0.3, 0.4) is 0 Å². The number of amides is 2. The minimum Gasteiger partial charge on any atom is -0.338 e. The van der Waals surface area contributed by atoms with Crippen molar-refractivity contribution in [3.8, 4) is 10.7 Å². The van der Waals surface area contributed by atoms with Gasteiger partial charge in [0, 0.05) is 56.2 Å². The van der Waals surface area contributed by atoms with Gasteiger partial charge in [-0.2, -0.15) is 5.10 Å². The number of nitrogens with one attached hydrogen (secondary N) is 1. The molecule has 2 aromatic heterocycles. The molecule has 1 atom stereocenters. The van der Waals surface area contributed by atoms with Crippen molar-refractivity contribution in [2.75, 3.05) is 44.2 Å². The zero-order chi connectivity index (χ0) is 32.0. The van der Waals surface area contributed by atoms with Gasteiger partial charge >= 0.3 is 0 Å². The summed E-state index contributed by atoms with van der Waals surface area (Å²) in [6.07, 6.45) is 7.76. The van der Waals surface area contributed by atoms with Crippen LogP contribution in [0.2, 0.25) is 0 Å². The zero-order valence-electron chi connectivity index (χ0n) is 25.9. The SMILES string of the molecule is Cc1ccc(N2CC[C@]3(CCN(CC(=O)N4CC=C(c5ncc(-c6ncn(C)n6)s5)CC4)C3)C2=O)cc1C(=N)c1ccc(F)cc1. The Morgan fingerprint density at radius 1 is 1.09 bits per heavy atom. The Labute approximate surface area is 270 Å². The second-order valence-corrected chi connectivity index (χ2v) is 13.5. The molecule has 0 aliphatic carbocycles. The van der Waals surface area contributed by atoms with E-state index in [1.54, 1.807) is 40.7 Å². The van der Waals surface area contributed by atoms with Gasteiger partial charge in [0.15, 0.2) is 5.82 Å². The van der Waals surface area contributed by atoms with Crippen molar-refractivity contribution >= 4 is 40.1 Å². The third kappa shape index (κ3) is 5.67. The molecule has 5 heterocycles. The number of aromatic nitrogens is 4. The van der Waals surface area contributed by atoms with E-state index in [0.29, 0.717) is 56.4 Å². The summed E-state index contributed by atoms with van der Waals surface area (Å²) >= 11 is 1.56. The highest BCUT2D eigenvalue weighted by Gasteiger charge is 2.51. The van der Waals surface area contributed by atoms with Gasteiger partial charge < -0.3 is 9.80 Å². The highest BCUT2D eigenvalue weighted by molar-refractivity contribution is 7.16. The third-order valence-corrected chi connectivity index (χ3v) is 10.5. The van der Waals surface area contributed by atoms with Crippen molar-refractivity contribution in [3.05, 3.63) is 88.6 Å². The number of hydrogen-bond donors (Lipinski definition) is 1. The maximum atomic E-state index is 13.9. The Morgan fingerprint density at radius 2 is 1.89 bits per heavy atom. The first-order valence-corrected chi connectivity index (χ1v) is 16.3. The number of aryl methyl sites for hydroxylation is 2. The van der Waals surface area contributed by atoms with Crippen LogP contribution in [0.1, 0.15) is 41.0 Å². The summed E-state index contributed by atoms with van der Waals surface area (Å²) in [5.74, 6) is 0.483. The topological polar surface area (TPSA) is 111 Å². The summed E-state index contributed by atoms with van der Waals surface area (Å²) in [7, 11) is 1.84. The van der Waals surface area contributed by atoms with Crippen molar-refractivity contribution < 1.29 is 14.0 Å². The number of hydrogen-bond acceptors (Lipinski definition) is 8. The Balaban J connectivity index is 0.966. The van der Waals surface area contributed by atoms with Crippen LogP contribution < -0.4 is 4.90 Å². The van der Waals surface area contributed by atoms with Crippen LogP contribution >= 0.6 is 11.3 Å². The molecule has 2 aromatic carbocycles. The summed E-state index contributed by atoms with van der Waals surface area (Å²) in [6, 6.07) is 11.7. The number of thiazole rings is 1. The largest absolute Gasteiger partial charge is 0.338 e. The third-order valence-electron chi connectivity index (χ3n) is 9.40. The Hall–Kier alpha value is -4.55. The number of benzene rings is 2. The van der Waals surface area contributed by atoms with E-state index in [9.17, 15) is 14.0 Å². The number of anilines is 1. The van der Waals surface area contributed by atoms with E-state index >= 15 is 0 Å². The molecule has 1 spiro atoms. The summed E-state index contributed by atoms with van der Waals surface area (Å²) in [5, 5.41) is 14.0. The van der Waals surface area contributed by atoms with E-state index in [1.165, 1.54) is 12.1 Å². The number of rotatable bonds is 7. The van der Waals surface area contributed by atoms with E-state index in [0.717, 1.165) is 51.5 Å². The van der Waals surface area contributed by atoms with Crippen molar-refractivity contribution in [2.24, 2.45) is 12.5 Å². The molecule has 1 N–H and O–H groups in total. The first-order valence-electron chi connectivity index (χ1n) is 15.5. The van der Waals surface area contributed by atoms with E-state index in [2.05, 4.69) is 26.0 Å². The van der Waals surface area contributed by atoms with Gasteiger partial charge in [-0.15, -0.1) is 11.3 Å². The van der Waals surface area contributed by atoms with Crippen molar-refractivity contribution in [2.45, 2.75) is 26.2 Å². The molecular formula is C34H35FN8O2S. The number of carbonyl (C=O) groups is 2. The lowest BCUT2D eigenvalue weighted by Gasteiger charge is -2.28. The molecule has 3 aliphatic rings. The average Bonchev–Trinajstić information content (AvgIpc) is 3.87. The molecule has 0 unspecified atom stereocenters. The monoisotopic (exact) mass is 638 g/mol. The van der Waals surface area contributed by atoms with Crippen LogP contribution in [-0.4, -0.2) is 86.3 Å². The predicted octanol–water partition coefficient (Wildman–Crippen LogP) is 4.55. The standard InChI is InChI=1S/C34H35FN8O2S/c1-22-3-8-26(17-27(22)30(36)23-4-6-25(35)7-5-23)43-16-12-34(33(43)45)11-15-41(20-34)19-29(44)42-13-9-24(10-14-42)32-37-18-28(46-32)31-38-21-40(2)39-31/h3-9,17-18,21,36H,10-16,19-20H2,1-2H3/t34-/m0/s1. The maximum absolute atomic E-state index is 13.9. The average molecular weight is 639 g/mol. The van der Waals surface area contributed by atoms with Gasteiger partial charge in [0.2, 0.25) is 11.8 Å². The van der Waals surface area contributed by atoms with E-state index in [4.69, 9.17) is 5.41 Å². The second kappa shape index (κ2) is 12.0. The fourth-order valence-corrected chi connectivity index (χ4v) is 7.64. The summed E-state index contributed by atoms with van der Waals surface area (Å²) < 4.78 is 15.1. The highest BCUT2D eigenvalue weighted by Crippen LogP contribution is 2.42. The fourth-order valence-electron chi connectivity index (χ4n) is 6.72. The predicted molar refractivity (Wildman–Crippen MR) is 175 cm³/mol. The van der Waals surface area contributed by atoms with Gasteiger partial charge in [-0.1, -0.05) is 12.1 Å². The zero-order valence-corrected chi connectivity index (χ0v) is 26.7. The molecule has 10 nitrogen and oxygen atoms in total. The van der Waals surface area contributed by atoms with Crippen LogP contribution in [0.25, 0.3) is 16.3 Å². The lowest BCUT2D eigenvalue weighted by Crippen LogP contribution is -2.43.